The molecule has 1 heterocycles. The highest BCUT2D eigenvalue weighted by molar-refractivity contribution is 5.92. The molecule has 0 aliphatic carbocycles. The normalized spacial score (nSPS) is 9.90. The van der Waals surface area contributed by atoms with Gasteiger partial charge in [0.2, 0.25) is 5.88 Å². The van der Waals surface area contributed by atoms with Crippen molar-refractivity contribution in [2.24, 2.45) is 0 Å². The molecule has 6 nitrogen and oxygen atoms in total. The second-order valence-electron chi connectivity index (χ2n) is 4.01. The number of ether oxygens (including phenoxy) is 2. The number of nitrogens with two attached hydrogens (primary N) is 1. The summed E-state index contributed by atoms with van der Waals surface area (Å²) >= 11 is 0. The van der Waals surface area contributed by atoms with E-state index in [1.807, 2.05) is 0 Å². The maximum absolute atomic E-state index is 11.5. The van der Waals surface area contributed by atoms with Crippen LogP contribution in [0.5, 0.6) is 5.88 Å². The zero-order chi connectivity index (χ0) is 14.5. The molecule has 0 fully saturated rings. The SMILES string of the molecule is COC(=O)c1ccc(N)c(Nc2ccc(OC)nc2)c1. The molecule has 3 N–H and O–H groups in total. The van der Waals surface area contributed by atoms with Gasteiger partial charge >= 0.3 is 5.97 Å². The van der Waals surface area contributed by atoms with Gasteiger partial charge in [0.25, 0.3) is 0 Å². The van der Waals surface area contributed by atoms with E-state index >= 15 is 0 Å². The van der Waals surface area contributed by atoms with Crippen molar-refractivity contribution in [1.29, 1.82) is 0 Å². The minimum atomic E-state index is -0.416. The highest BCUT2D eigenvalue weighted by Gasteiger charge is 2.08. The van der Waals surface area contributed by atoms with Crippen molar-refractivity contribution in [3.05, 3.63) is 42.1 Å². The van der Waals surface area contributed by atoms with E-state index in [-0.39, 0.29) is 0 Å². The number of benzene rings is 1. The molecule has 0 spiro atoms. The molecule has 0 aliphatic rings. The Morgan fingerprint density at radius 2 is 2.05 bits per heavy atom. The third-order valence-electron chi connectivity index (χ3n) is 2.70. The van der Waals surface area contributed by atoms with Gasteiger partial charge in [0.1, 0.15) is 0 Å². The molecule has 0 aliphatic heterocycles. The number of esters is 1. The quantitative estimate of drug-likeness (QED) is 0.656. The molecule has 0 saturated heterocycles. The van der Waals surface area contributed by atoms with Crippen molar-refractivity contribution >= 4 is 23.0 Å². The van der Waals surface area contributed by atoms with Crippen LogP contribution in [-0.2, 0) is 4.74 Å². The van der Waals surface area contributed by atoms with E-state index in [4.69, 9.17) is 10.5 Å². The van der Waals surface area contributed by atoms with E-state index in [2.05, 4.69) is 15.0 Å². The average molecular weight is 273 g/mol. The number of anilines is 3. The molecule has 2 aromatic rings. The van der Waals surface area contributed by atoms with E-state index in [1.54, 1.807) is 43.6 Å². The van der Waals surface area contributed by atoms with Crippen molar-refractivity contribution < 1.29 is 14.3 Å². The summed E-state index contributed by atoms with van der Waals surface area (Å²) in [5.74, 6) is 0.104. The lowest BCUT2D eigenvalue weighted by Crippen LogP contribution is -2.04. The molecule has 0 amide bonds. The average Bonchev–Trinajstić information content (AvgIpc) is 2.49. The van der Waals surface area contributed by atoms with E-state index < -0.39 is 5.97 Å². The number of methoxy groups -OCH3 is 2. The summed E-state index contributed by atoms with van der Waals surface area (Å²) in [6.07, 6.45) is 1.61. The van der Waals surface area contributed by atoms with E-state index in [0.29, 0.717) is 22.8 Å². The van der Waals surface area contributed by atoms with E-state index in [0.717, 1.165) is 5.69 Å². The fourth-order valence-corrected chi connectivity index (χ4v) is 1.64. The first-order chi connectivity index (χ1) is 9.63. The smallest absolute Gasteiger partial charge is 0.337 e. The summed E-state index contributed by atoms with van der Waals surface area (Å²) in [6.45, 7) is 0. The van der Waals surface area contributed by atoms with Gasteiger partial charge in [-0.15, -0.1) is 0 Å². The number of carbonyl (C=O) groups is 1. The molecule has 20 heavy (non-hydrogen) atoms. The molecule has 6 heteroatoms. The predicted octanol–water partition coefficient (Wildman–Crippen LogP) is 2.20. The Hall–Kier alpha value is -2.76. The Labute approximate surface area is 116 Å². The van der Waals surface area contributed by atoms with E-state index in [1.165, 1.54) is 7.11 Å². The molecule has 0 bridgehead atoms. The summed E-state index contributed by atoms with van der Waals surface area (Å²) in [4.78, 5) is 15.6. The van der Waals surface area contributed by atoms with Crippen LogP contribution in [-0.4, -0.2) is 25.2 Å². The van der Waals surface area contributed by atoms with Crippen LogP contribution in [0.3, 0.4) is 0 Å². The molecule has 1 aromatic carbocycles. The van der Waals surface area contributed by atoms with Crippen molar-refractivity contribution in [2.45, 2.75) is 0 Å². The first kappa shape index (κ1) is 13.7. The Bertz CT molecular complexity index is 612. The fourth-order valence-electron chi connectivity index (χ4n) is 1.64. The van der Waals surface area contributed by atoms with Gasteiger partial charge in [0.15, 0.2) is 0 Å². The number of pyridine rings is 1. The predicted molar refractivity (Wildman–Crippen MR) is 76.3 cm³/mol. The number of carbonyl (C=O) groups excluding carboxylic acids is 1. The number of rotatable bonds is 4. The van der Waals surface area contributed by atoms with Crippen LogP contribution in [0, 0.1) is 0 Å². The highest BCUT2D eigenvalue weighted by Crippen LogP contribution is 2.25. The van der Waals surface area contributed by atoms with Crippen LogP contribution in [0.15, 0.2) is 36.5 Å². The first-order valence-electron chi connectivity index (χ1n) is 5.89. The number of nitrogen functional groups attached to an aromatic ring is 1. The van der Waals surface area contributed by atoms with Gasteiger partial charge in [-0.25, -0.2) is 9.78 Å². The molecule has 0 saturated carbocycles. The zero-order valence-corrected chi connectivity index (χ0v) is 11.2. The Kier molecular flexibility index (Phi) is 4.05. The monoisotopic (exact) mass is 273 g/mol. The summed E-state index contributed by atoms with van der Waals surface area (Å²) in [6, 6.07) is 8.41. The maximum atomic E-state index is 11.5. The number of hydrogen-bond donors (Lipinski definition) is 2. The zero-order valence-electron chi connectivity index (χ0n) is 11.2. The Morgan fingerprint density at radius 3 is 2.65 bits per heavy atom. The largest absolute Gasteiger partial charge is 0.481 e. The third kappa shape index (κ3) is 2.97. The summed E-state index contributed by atoms with van der Waals surface area (Å²) < 4.78 is 9.66. The highest BCUT2D eigenvalue weighted by atomic mass is 16.5. The fraction of sp³-hybridized carbons (Fsp3) is 0.143. The van der Waals surface area contributed by atoms with Gasteiger partial charge in [0, 0.05) is 6.07 Å². The van der Waals surface area contributed by atoms with E-state index in [9.17, 15) is 4.79 Å². The summed E-state index contributed by atoms with van der Waals surface area (Å²) in [7, 11) is 2.88. The lowest BCUT2D eigenvalue weighted by Gasteiger charge is -2.10. The molecule has 2 rings (SSSR count). The van der Waals surface area contributed by atoms with Crippen molar-refractivity contribution in [3.63, 3.8) is 0 Å². The number of nitrogens with one attached hydrogen (secondary N) is 1. The Balaban J connectivity index is 2.25. The van der Waals surface area contributed by atoms with Crippen LogP contribution in [0.25, 0.3) is 0 Å². The molecular formula is C14H15N3O3. The van der Waals surface area contributed by atoms with Crippen LogP contribution in [0.2, 0.25) is 0 Å². The second-order valence-corrected chi connectivity index (χ2v) is 4.01. The van der Waals surface area contributed by atoms with Gasteiger partial charge in [-0.3, -0.25) is 0 Å². The van der Waals surface area contributed by atoms with Crippen LogP contribution in [0.1, 0.15) is 10.4 Å². The first-order valence-corrected chi connectivity index (χ1v) is 5.89. The lowest BCUT2D eigenvalue weighted by atomic mass is 10.1. The lowest BCUT2D eigenvalue weighted by molar-refractivity contribution is 0.0601. The van der Waals surface area contributed by atoms with Gasteiger partial charge < -0.3 is 20.5 Å². The van der Waals surface area contributed by atoms with Crippen LogP contribution < -0.4 is 15.8 Å². The number of hydrogen-bond acceptors (Lipinski definition) is 6. The van der Waals surface area contributed by atoms with Crippen molar-refractivity contribution in [2.75, 3.05) is 25.3 Å². The minimum Gasteiger partial charge on any atom is -0.481 e. The van der Waals surface area contributed by atoms with Gasteiger partial charge in [-0.1, -0.05) is 0 Å². The topological polar surface area (TPSA) is 86.5 Å². The van der Waals surface area contributed by atoms with Crippen LogP contribution >= 0.6 is 0 Å². The molecule has 104 valence electrons. The van der Waals surface area contributed by atoms with Crippen LogP contribution in [0.4, 0.5) is 17.1 Å². The third-order valence-corrected chi connectivity index (χ3v) is 2.70. The standard InChI is InChI=1S/C14H15N3O3/c1-19-13-6-4-10(8-16-13)17-12-7-9(14(18)20-2)3-5-11(12)15/h3-8,17H,15H2,1-2H3. The maximum Gasteiger partial charge on any atom is 0.337 e. The Morgan fingerprint density at radius 1 is 1.25 bits per heavy atom. The second kappa shape index (κ2) is 5.92. The molecule has 0 radical (unpaired) electrons. The van der Waals surface area contributed by atoms with Gasteiger partial charge in [-0.05, 0) is 24.3 Å². The minimum absolute atomic E-state index is 0.416. The molecule has 0 unspecified atom stereocenters. The molecule has 0 atom stereocenters. The molecule has 1 aromatic heterocycles. The number of aromatic nitrogens is 1. The summed E-state index contributed by atoms with van der Waals surface area (Å²) in [5.41, 5.74) is 8.17. The van der Waals surface area contributed by atoms with Crippen molar-refractivity contribution in [3.8, 4) is 5.88 Å². The van der Waals surface area contributed by atoms with Crippen molar-refractivity contribution in [1.82, 2.24) is 4.98 Å². The van der Waals surface area contributed by atoms with Gasteiger partial charge in [-0.2, -0.15) is 0 Å². The number of nitrogens with zero attached hydrogens (tertiary/aromatic N) is 1. The van der Waals surface area contributed by atoms with Gasteiger partial charge in [0.05, 0.1) is 43.0 Å². The summed E-state index contributed by atoms with van der Waals surface area (Å²) in [5, 5.41) is 3.09. The molecular weight excluding hydrogens is 258 g/mol.